The molecule has 0 spiro atoms. The number of nitrogens with zero attached hydrogens (tertiary/aromatic N) is 2. The average Bonchev–Trinajstić information content (AvgIpc) is 2.57. The van der Waals surface area contributed by atoms with E-state index in [1.807, 2.05) is 12.3 Å². The summed E-state index contributed by atoms with van der Waals surface area (Å²) in [5, 5.41) is 1.02. The number of hydrogen-bond donors (Lipinski definition) is 0. The average molecular weight is 395 g/mol. The monoisotopic (exact) mass is 394 g/mol. The van der Waals surface area contributed by atoms with Crippen molar-refractivity contribution < 1.29 is 9.53 Å². The molecule has 84 valence electrons. The van der Waals surface area contributed by atoms with Gasteiger partial charge in [0.2, 0.25) is 0 Å². The minimum Gasteiger partial charge on any atom is -0.468 e. The molecule has 0 saturated heterocycles. The van der Waals surface area contributed by atoms with E-state index in [9.17, 15) is 4.79 Å². The molecule has 0 aliphatic rings. The van der Waals surface area contributed by atoms with Crippen LogP contribution < -0.4 is 0 Å². The maximum absolute atomic E-state index is 11.2. The number of esters is 1. The molecule has 0 aliphatic heterocycles. The van der Waals surface area contributed by atoms with E-state index in [2.05, 4.69) is 48.2 Å². The molecule has 0 N–H and O–H groups in total. The van der Waals surface area contributed by atoms with Gasteiger partial charge in [-0.3, -0.25) is 4.79 Å². The van der Waals surface area contributed by atoms with Gasteiger partial charge in [0, 0.05) is 25.8 Å². The van der Waals surface area contributed by atoms with E-state index in [4.69, 9.17) is 0 Å². The molecule has 4 nitrogen and oxygen atoms in total. The van der Waals surface area contributed by atoms with E-state index in [1.54, 1.807) is 10.8 Å². The second kappa shape index (κ2) is 4.70. The Kier molecular flexibility index (Phi) is 3.48. The Hall–Kier alpha value is -0.630. The van der Waals surface area contributed by atoms with Crippen LogP contribution in [0.1, 0.15) is 0 Å². The lowest BCUT2D eigenvalue weighted by molar-refractivity contribution is -0.141. The van der Waals surface area contributed by atoms with E-state index in [-0.39, 0.29) is 12.5 Å². The Morgan fingerprint density at radius 3 is 3.12 bits per heavy atom. The molecule has 2 rings (SSSR count). The van der Waals surface area contributed by atoms with Gasteiger partial charge < -0.3 is 9.30 Å². The Morgan fingerprint density at radius 1 is 1.69 bits per heavy atom. The molecule has 0 amide bonds. The summed E-state index contributed by atoms with van der Waals surface area (Å²) < 4.78 is 8.46. The number of carbonyl (C=O) groups excluding carboxylic acids is 1. The third-order valence-electron chi connectivity index (χ3n) is 2.19. The second-order valence-corrected chi connectivity index (χ2v) is 5.19. The Morgan fingerprint density at radius 2 is 2.44 bits per heavy atom. The zero-order valence-corrected chi connectivity index (χ0v) is 12.1. The molecule has 6 heteroatoms. The van der Waals surface area contributed by atoms with Crippen molar-refractivity contribution in [2.24, 2.45) is 0 Å². The van der Waals surface area contributed by atoms with Gasteiger partial charge in [-0.05, 0) is 44.6 Å². The molecule has 0 aromatic carbocycles. The molecule has 16 heavy (non-hydrogen) atoms. The molecule has 2 aromatic heterocycles. The molecule has 0 saturated carbocycles. The number of methoxy groups -OCH3 is 1. The van der Waals surface area contributed by atoms with Gasteiger partial charge in [-0.2, -0.15) is 0 Å². The van der Waals surface area contributed by atoms with E-state index in [1.165, 1.54) is 7.11 Å². The van der Waals surface area contributed by atoms with Gasteiger partial charge in [-0.1, -0.05) is 0 Å². The van der Waals surface area contributed by atoms with Crippen molar-refractivity contribution in [1.82, 2.24) is 9.55 Å². The number of hydrogen-bond acceptors (Lipinski definition) is 3. The van der Waals surface area contributed by atoms with Crippen molar-refractivity contribution >= 4 is 55.5 Å². The van der Waals surface area contributed by atoms with Crippen LogP contribution in [0.3, 0.4) is 0 Å². The molecular formula is C10H8BrIN2O2. The number of halogens is 2. The van der Waals surface area contributed by atoms with Crippen LogP contribution >= 0.6 is 38.5 Å². The Balaban J connectivity index is 2.55. The lowest BCUT2D eigenvalue weighted by Crippen LogP contribution is -2.10. The SMILES string of the molecule is COC(=O)Cn1cc(I)c2c(Br)ccnc21. The van der Waals surface area contributed by atoms with E-state index in [0.29, 0.717) is 0 Å². The highest BCUT2D eigenvalue weighted by Crippen LogP contribution is 2.28. The smallest absolute Gasteiger partial charge is 0.325 e. The van der Waals surface area contributed by atoms with Crippen molar-refractivity contribution in [2.75, 3.05) is 7.11 Å². The number of fused-ring (bicyclic) bond motifs is 1. The first-order valence-electron chi connectivity index (χ1n) is 4.49. The topological polar surface area (TPSA) is 44.1 Å². The van der Waals surface area contributed by atoms with E-state index in [0.717, 1.165) is 19.1 Å². The predicted octanol–water partition coefficient (Wildman–Crippen LogP) is 2.58. The minimum atomic E-state index is -0.282. The van der Waals surface area contributed by atoms with Crippen LogP contribution in [0.2, 0.25) is 0 Å². The van der Waals surface area contributed by atoms with Crippen molar-refractivity contribution in [1.29, 1.82) is 0 Å². The van der Waals surface area contributed by atoms with Crippen LogP contribution in [0.5, 0.6) is 0 Å². The largest absolute Gasteiger partial charge is 0.468 e. The summed E-state index contributed by atoms with van der Waals surface area (Å²) in [7, 11) is 1.38. The van der Waals surface area contributed by atoms with Gasteiger partial charge in [0.05, 0.1) is 7.11 Å². The molecule has 2 aromatic rings. The first-order chi connectivity index (χ1) is 7.63. The highest BCUT2D eigenvalue weighted by Gasteiger charge is 2.12. The van der Waals surface area contributed by atoms with Crippen LogP contribution in [0.25, 0.3) is 11.0 Å². The third kappa shape index (κ3) is 2.08. The standard InChI is InChI=1S/C10H8BrIN2O2/c1-16-8(15)5-14-4-7(12)9-6(11)2-3-13-10(9)14/h2-4H,5H2,1H3. The number of pyridine rings is 1. The summed E-state index contributed by atoms with van der Waals surface area (Å²) in [5.41, 5.74) is 0.782. The fourth-order valence-electron chi connectivity index (χ4n) is 1.45. The van der Waals surface area contributed by atoms with Crippen molar-refractivity contribution in [2.45, 2.75) is 6.54 Å². The molecule has 0 bridgehead atoms. The second-order valence-electron chi connectivity index (χ2n) is 3.17. The third-order valence-corrected chi connectivity index (χ3v) is 3.67. The molecule has 0 atom stereocenters. The summed E-state index contributed by atoms with van der Waals surface area (Å²) in [4.78, 5) is 15.5. The Bertz CT molecular complexity index is 553. The quantitative estimate of drug-likeness (QED) is 0.580. The zero-order valence-electron chi connectivity index (χ0n) is 8.41. The van der Waals surface area contributed by atoms with Gasteiger partial charge in [0.15, 0.2) is 0 Å². The highest BCUT2D eigenvalue weighted by molar-refractivity contribution is 14.1. The molecular weight excluding hydrogens is 387 g/mol. The minimum absolute atomic E-state index is 0.180. The fourth-order valence-corrected chi connectivity index (χ4v) is 3.20. The van der Waals surface area contributed by atoms with Gasteiger partial charge >= 0.3 is 5.97 Å². The number of aromatic nitrogens is 2. The molecule has 0 aliphatic carbocycles. The molecule has 2 heterocycles. The number of ether oxygens (including phenoxy) is 1. The number of rotatable bonds is 2. The molecule has 0 unspecified atom stereocenters. The van der Waals surface area contributed by atoms with Gasteiger partial charge in [0.25, 0.3) is 0 Å². The van der Waals surface area contributed by atoms with Crippen LogP contribution in [0.4, 0.5) is 0 Å². The van der Waals surface area contributed by atoms with Gasteiger partial charge in [0.1, 0.15) is 12.2 Å². The molecule has 0 radical (unpaired) electrons. The maximum atomic E-state index is 11.2. The lowest BCUT2D eigenvalue weighted by atomic mass is 10.3. The van der Waals surface area contributed by atoms with Crippen LogP contribution in [-0.4, -0.2) is 22.6 Å². The predicted molar refractivity (Wildman–Crippen MR) is 72.2 cm³/mol. The summed E-state index contributed by atoms with van der Waals surface area (Å²) in [5.74, 6) is -0.282. The first-order valence-corrected chi connectivity index (χ1v) is 6.36. The summed E-state index contributed by atoms with van der Waals surface area (Å²) >= 11 is 5.69. The fraction of sp³-hybridized carbons (Fsp3) is 0.200. The van der Waals surface area contributed by atoms with Gasteiger partial charge in [-0.25, -0.2) is 4.98 Å². The zero-order chi connectivity index (χ0) is 11.7. The highest BCUT2D eigenvalue weighted by atomic mass is 127. The van der Waals surface area contributed by atoms with Crippen molar-refractivity contribution in [3.05, 3.63) is 26.5 Å². The maximum Gasteiger partial charge on any atom is 0.325 e. The lowest BCUT2D eigenvalue weighted by Gasteiger charge is -2.02. The van der Waals surface area contributed by atoms with Crippen LogP contribution in [-0.2, 0) is 16.1 Å². The first kappa shape index (κ1) is 11.8. The van der Waals surface area contributed by atoms with Crippen LogP contribution in [0.15, 0.2) is 22.9 Å². The van der Waals surface area contributed by atoms with Gasteiger partial charge in [-0.15, -0.1) is 0 Å². The summed E-state index contributed by atoms with van der Waals surface area (Å²) in [6, 6.07) is 1.88. The molecule has 0 fully saturated rings. The normalized spacial score (nSPS) is 10.7. The van der Waals surface area contributed by atoms with Crippen molar-refractivity contribution in [3.8, 4) is 0 Å². The van der Waals surface area contributed by atoms with E-state index >= 15 is 0 Å². The summed E-state index contributed by atoms with van der Waals surface area (Å²) in [6.45, 7) is 0.180. The Labute approximate surface area is 114 Å². The number of carbonyl (C=O) groups is 1. The summed E-state index contributed by atoms with van der Waals surface area (Å²) in [6.07, 6.45) is 3.59. The van der Waals surface area contributed by atoms with Crippen LogP contribution in [0, 0.1) is 3.57 Å². The van der Waals surface area contributed by atoms with E-state index < -0.39 is 0 Å². The van der Waals surface area contributed by atoms with Crippen molar-refractivity contribution in [3.63, 3.8) is 0 Å².